The van der Waals surface area contributed by atoms with Crippen LogP contribution in [0.4, 0.5) is 0 Å². The molecule has 0 aliphatic carbocycles. The molecule has 2 aromatic heterocycles. The molecule has 0 fully saturated rings. The molecule has 0 atom stereocenters. The first kappa shape index (κ1) is 15.3. The lowest BCUT2D eigenvalue weighted by molar-refractivity contribution is 0.292. The molecule has 0 aliphatic rings. The first-order valence-electron chi connectivity index (χ1n) is 7.95. The Kier molecular flexibility index (Phi) is 4.02. The van der Waals surface area contributed by atoms with E-state index >= 15 is 0 Å². The van der Waals surface area contributed by atoms with Crippen molar-refractivity contribution in [2.45, 2.75) is 6.54 Å². The maximum atomic E-state index is 8.85. The van der Waals surface area contributed by atoms with Gasteiger partial charge in [0.25, 0.3) is 0 Å². The van der Waals surface area contributed by atoms with Crippen molar-refractivity contribution in [2.24, 2.45) is 0 Å². The molecule has 0 unspecified atom stereocenters. The first-order chi connectivity index (χ1) is 11.8. The molecule has 5 heteroatoms. The summed E-state index contributed by atoms with van der Waals surface area (Å²) in [6.45, 7) is 1.51. The van der Waals surface area contributed by atoms with Crippen LogP contribution >= 0.6 is 11.6 Å². The fraction of sp³-hybridized carbons (Fsp3) is 0.158. The molecule has 122 valence electrons. The van der Waals surface area contributed by atoms with Crippen molar-refractivity contribution in [1.29, 1.82) is 0 Å². The summed E-state index contributed by atoms with van der Waals surface area (Å²) in [5.74, 6) is 0. The van der Waals surface area contributed by atoms with E-state index in [1.807, 2.05) is 24.5 Å². The van der Waals surface area contributed by atoms with Crippen LogP contribution in [-0.4, -0.2) is 28.2 Å². The van der Waals surface area contributed by atoms with Crippen molar-refractivity contribution in [1.82, 2.24) is 15.3 Å². The molecule has 0 spiro atoms. The highest BCUT2D eigenvalue weighted by molar-refractivity contribution is 6.36. The maximum absolute atomic E-state index is 8.85. The van der Waals surface area contributed by atoms with Gasteiger partial charge in [-0.15, -0.1) is 0 Å². The van der Waals surface area contributed by atoms with Gasteiger partial charge in [-0.25, -0.2) is 0 Å². The Morgan fingerprint density at radius 3 is 2.79 bits per heavy atom. The van der Waals surface area contributed by atoms with Crippen LogP contribution in [0.25, 0.3) is 32.9 Å². The fourth-order valence-corrected chi connectivity index (χ4v) is 3.32. The van der Waals surface area contributed by atoms with Gasteiger partial charge in [-0.1, -0.05) is 23.7 Å². The van der Waals surface area contributed by atoms with Gasteiger partial charge in [-0.2, -0.15) is 0 Å². The number of hydrogen-bond acceptors (Lipinski definition) is 2. The lowest BCUT2D eigenvalue weighted by Crippen LogP contribution is -2.17. The molecule has 0 amide bonds. The molecule has 0 saturated heterocycles. The van der Waals surface area contributed by atoms with Crippen molar-refractivity contribution in [3.63, 3.8) is 0 Å². The van der Waals surface area contributed by atoms with Crippen LogP contribution < -0.4 is 5.32 Å². The van der Waals surface area contributed by atoms with E-state index < -0.39 is 0 Å². The van der Waals surface area contributed by atoms with Crippen LogP contribution in [0, 0.1) is 0 Å². The fourth-order valence-electron chi connectivity index (χ4n) is 3.10. The predicted octanol–water partition coefficient (Wildman–Crippen LogP) is 4.05. The monoisotopic (exact) mass is 339 g/mol. The van der Waals surface area contributed by atoms with Gasteiger partial charge >= 0.3 is 0 Å². The highest BCUT2D eigenvalue weighted by Gasteiger charge is 2.10. The Morgan fingerprint density at radius 1 is 1.04 bits per heavy atom. The van der Waals surface area contributed by atoms with Crippen molar-refractivity contribution in [3.05, 3.63) is 59.4 Å². The standard InChI is InChI=1S/C19H18ClN3O/c20-17-3-2-14(15-10-22-11-16(15)17)19-8-13-7-12(9-21-5-6-24)1-4-18(13)23-19/h1-4,7-8,10-11,21-24H,5-6,9H2. The SMILES string of the molecule is OCCNCc1ccc2[nH]c(-c3ccc(Cl)c4c[nH]cc34)cc2c1. The summed E-state index contributed by atoms with van der Waals surface area (Å²) in [4.78, 5) is 6.62. The third-order valence-corrected chi connectivity index (χ3v) is 4.61. The lowest BCUT2D eigenvalue weighted by Gasteiger charge is -2.02. The second-order valence-electron chi connectivity index (χ2n) is 5.88. The Morgan fingerprint density at radius 2 is 1.92 bits per heavy atom. The summed E-state index contributed by atoms with van der Waals surface area (Å²) < 4.78 is 0. The van der Waals surface area contributed by atoms with Gasteiger partial charge in [0.1, 0.15) is 0 Å². The lowest BCUT2D eigenvalue weighted by atomic mass is 10.1. The second-order valence-corrected chi connectivity index (χ2v) is 6.29. The van der Waals surface area contributed by atoms with E-state index in [0.29, 0.717) is 6.54 Å². The number of nitrogens with one attached hydrogen (secondary N) is 3. The van der Waals surface area contributed by atoms with Crippen molar-refractivity contribution in [2.75, 3.05) is 13.2 Å². The molecule has 4 nitrogen and oxygen atoms in total. The normalized spacial score (nSPS) is 11.6. The topological polar surface area (TPSA) is 63.8 Å². The number of H-pyrrole nitrogens is 2. The molecule has 2 heterocycles. The van der Waals surface area contributed by atoms with Gasteiger partial charge in [0, 0.05) is 63.4 Å². The van der Waals surface area contributed by atoms with E-state index in [0.717, 1.165) is 39.1 Å². The Hall–Kier alpha value is -2.27. The third kappa shape index (κ3) is 2.69. The molecular formula is C19H18ClN3O. The van der Waals surface area contributed by atoms with Crippen LogP contribution in [0.2, 0.25) is 5.02 Å². The second kappa shape index (κ2) is 6.32. The number of aromatic amines is 2. The summed E-state index contributed by atoms with van der Waals surface area (Å²) in [7, 11) is 0. The van der Waals surface area contributed by atoms with Crippen LogP contribution in [0.1, 0.15) is 5.56 Å². The Bertz CT molecular complexity index is 1000. The van der Waals surface area contributed by atoms with E-state index in [4.69, 9.17) is 16.7 Å². The smallest absolute Gasteiger partial charge is 0.0556 e. The average Bonchev–Trinajstić information content (AvgIpc) is 3.22. The van der Waals surface area contributed by atoms with Gasteiger partial charge in [0.15, 0.2) is 0 Å². The van der Waals surface area contributed by atoms with Crippen molar-refractivity contribution < 1.29 is 5.11 Å². The summed E-state index contributed by atoms with van der Waals surface area (Å²) in [6, 6.07) is 12.5. The highest BCUT2D eigenvalue weighted by Crippen LogP contribution is 2.34. The van der Waals surface area contributed by atoms with Crippen molar-refractivity contribution >= 4 is 33.3 Å². The predicted molar refractivity (Wildman–Crippen MR) is 99.4 cm³/mol. The number of aromatic nitrogens is 2. The van der Waals surface area contributed by atoms with Crippen LogP contribution in [0.15, 0.2) is 48.8 Å². The summed E-state index contributed by atoms with van der Waals surface area (Å²) in [5, 5.41) is 16.1. The number of rotatable bonds is 5. The molecule has 4 aromatic rings. The number of aliphatic hydroxyl groups excluding tert-OH is 1. The quantitative estimate of drug-likeness (QED) is 0.414. The first-order valence-corrected chi connectivity index (χ1v) is 8.32. The zero-order valence-electron chi connectivity index (χ0n) is 13.1. The molecule has 24 heavy (non-hydrogen) atoms. The van der Waals surface area contributed by atoms with Gasteiger partial charge in [0.05, 0.1) is 6.61 Å². The summed E-state index contributed by atoms with van der Waals surface area (Å²) in [5.41, 5.74) is 4.51. The van der Waals surface area contributed by atoms with E-state index in [9.17, 15) is 0 Å². The van der Waals surface area contributed by atoms with E-state index in [1.54, 1.807) is 0 Å². The highest BCUT2D eigenvalue weighted by atomic mass is 35.5. The summed E-state index contributed by atoms with van der Waals surface area (Å²) >= 11 is 6.26. The molecule has 0 bridgehead atoms. The minimum Gasteiger partial charge on any atom is -0.395 e. The zero-order chi connectivity index (χ0) is 16.5. The van der Waals surface area contributed by atoms with Gasteiger partial charge in [0.2, 0.25) is 0 Å². The number of halogens is 1. The van der Waals surface area contributed by atoms with Crippen LogP contribution in [0.5, 0.6) is 0 Å². The molecular weight excluding hydrogens is 322 g/mol. The van der Waals surface area contributed by atoms with Gasteiger partial charge in [-0.3, -0.25) is 0 Å². The third-order valence-electron chi connectivity index (χ3n) is 4.28. The van der Waals surface area contributed by atoms with Crippen LogP contribution in [-0.2, 0) is 6.54 Å². The summed E-state index contributed by atoms with van der Waals surface area (Å²) in [6.07, 6.45) is 3.90. The minimum absolute atomic E-state index is 0.153. The zero-order valence-corrected chi connectivity index (χ0v) is 13.8. The Balaban J connectivity index is 1.74. The molecule has 0 radical (unpaired) electrons. The number of fused-ring (bicyclic) bond motifs is 2. The molecule has 2 aromatic carbocycles. The number of aliphatic hydroxyl groups is 1. The number of benzene rings is 2. The van der Waals surface area contributed by atoms with Crippen LogP contribution in [0.3, 0.4) is 0 Å². The van der Waals surface area contributed by atoms with E-state index in [-0.39, 0.29) is 6.61 Å². The van der Waals surface area contributed by atoms with E-state index in [2.05, 4.69) is 39.6 Å². The molecule has 4 N–H and O–H groups in total. The van der Waals surface area contributed by atoms with E-state index in [1.165, 1.54) is 10.9 Å². The minimum atomic E-state index is 0.153. The molecule has 0 saturated carbocycles. The van der Waals surface area contributed by atoms with Gasteiger partial charge < -0.3 is 20.4 Å². The molecule has 4 rings (SSSR count). The Labute approximate surface area is 144 Å². The maximum Gasteiger partial charge on any atom is 0.0556 e. The number of hydrogen-bond donors (Lipinski definition) is 4. The van der Waals surface area contributed by atoms with Gasteiger partial charge in [-0.05, 0) is 29.8 Å². The largest absolute Gasteiger partial charge is 0.395 e. The molecule has 0 aliphatic heterocycles. The average molecular weight is 340 g/mol. The van der Waals surface area contributed by atoms with Crippen molar-refractivity contribution in [3.8, 4) is 11.3 Å².